The lowest BCUT2D eigenvalue weighted by Crippen LogP contribution is -2.01. The summed E-state index contributed by atoms with van der Waals surface area (Å²) in [6, 6.07) is 9.89. The lowest BCUT2D eigenvalue weighted by atomic mass is 10.1. The molecule has 1 aromatic heterocycles. The zero-order valence-corrected chi connectivity index (χ0v) is 8.94. The van der Waals surface area contributed by atoms with Crippen molar-refractivity contribution in [1.82, 2.24) is 0 Å². The Balaban J connectivity index is 2.42. The molecule has 4 nitrogen and oxygen atoms in total. The fourth-order valence-corrected chi connectivity index (χ4v) is 2.16. The van der Waals surface area contributed by atoms with Crippen LogP contribution in [0.3, 0.4) is 0 Å². The van der Waals surface area contributed by atoms with E-state index < -0.39 is 4.92 Å². The topological polar surface area (TPSA) is 60.2 Å². The zero-order valence-electron chi connectivity index (χ0n) is 8.12. The first-order valence-corrected chi connectivity index (χ1v) is 5.40. The number of nitrogens with zero attached hydrogens (tertiary/aromatic N) is 1. The molecule has 0 aliphatic carbocycles. The lowest BCUT2D eigenvalue weighted by molar-refractivity contribution is -0.384. The van der Waals surface area contributed by atoms with Crippen LogP contribution in [0.15, 0.2) is 41.8 Å². The van der Waals surface area contributed by atoms with Crippen LogP contribution in [0.5, 0.6) is 0 Å². The van der Waals surface area contributed by atoms with E-state index in [0.29, 0.717) is 5.56 Å². The Labute approximate surface area is 95.3 Å². The first kappa shape index (κ1) is 10.5. The highest BCUT2D eigenvalue weighted by atomic mass is 32.1. The second-order valence-electron chi connectivity index (χ2n) is 3.09. The third-order valence-corrected chi connectivity index (χ3v) is 2.99. The summed E-state index contributed by atoms with van der Waals surface area (Å²) in [5.41, 5.74) is 0.340. The molecule has 0 fully saturated rings. The van der Waals surface area contributed by atoms with Crippen molar-refractivity contribution in [2.24, 2.45) is 0 Å². The van der Waals surface area contributed by atoms with Gasteiger partial charge in [-0.05, 0) is 5.38 Å². The van der Waals surface area contributed by atoms with Gasteiger partial charge in [-0.3, -0.25) is 14.9 Å². The molecule has 0 saturated carbocycles. The van der Waals surface area contributed by atoms with Crippen LogP contribution in [-0.2, 0) is 0 Å². The molecule has 2 aromatic rings. The Bertz CT molecular complexity index is 533. The van der Waals surface area contributed by atoms with Gasteiger partial charge in [0.15, 0.2) is 4.88 Å². The number of thiophene rings is 1. The SMILES string of the molecule is O=C(c1ccccc1)c1sccc1[N+](=O)[O-]. The van der Waals surface area contributed by atoms with Crippen molar-refractivity contribution in [3.8, 4) is 0 Å². The van der Waals surface area contributed by atoms with Gasteiger partial charge in [-0.25, -0.2) is 0 Å². The Hall–Kier alpha value is -2.01. The molecule has 2 rings (SSSR count). The summed E-state index contributed by atoms with van der Waals surface area (Å²) in [6.07, 6.45) is 0. The molecule has 0 atom stereocenters. The summed E-state index contributed by atoms with van der Waals surface area (Å²) in [5.74, 6) is -0.303. The summed E-state index contributed by atoms with van der Waals surface area (Å²) >= 11 is 1.09. The number of carbonyl (C=O) groups is 1. The molecule has 0 aliphatic heterocycles. The monoisotopic (exact) mass is 233 g/mol. The van der Waals surface area contributed by atoms with Crippen LogP contribution < -0.4 is 0 Å². The van der Waals surface area contributed by atoms with Crippen LogP contribution >= 0.6 is 11.3 Å². The van der Waals surface area contributed by atoms with Gasteiger partial charge in [-0.15, -0.1) is 11.3 Å². The van der Waals surface area contributed by atoms with E-state index in [4.69, 9.17) is 0 Å². The predicted molar refractivity (Wildman–Crippen MR) is 60.8 cm³/mol. The Morgan fingerprint density at radius 3 is 2.50 bits per heavy atom. The molecule has 16 heavy (non-hydrogen) atoms. The van der Waals surface area contributed by atoms with Gasteiger partial charge in [-0.2, -0.15) is 0 Å². The van der Waals surface area contributed by atoms with Crippen LogP contribution in [0.1, 0.15) is 15.2 Å². The molecule has 1 aromatic carbocycles. The summed E-state index contributed by atoms with van der Waals surface area (Å²) in [4.78, 5) is 22.3. The molecule has 0 N–H and O–H groups in total. The molecule has 0 bridgehead atoms. The molecule has 80 valence electrons. The van der Waals surface area contributed by atoms with Crippen LogP contribution in [-0.4, -0.2) is 10.7 Å². The lowest BCUT2D eigenvalue weighted by Gasteiger charge is -1.97. The minimum atomic E-state index is -0.535. The fourth-order valence-electron chi connectivity index (χ4n) is 1.34. The number of carbonyl (C=O) groups excluding carboxylic acids is 1. The van der Waals surface area contributed by atoms with E-state index in [-0.39, 0.29) is 16.3 Å². The number of rotatable bonds is 3. The van der Waals surface area contributed by atoms with Crippen molar-refractivity contribution < 1.29 is 9.72 Å². The number of benzene rings is 1. The fraction of sp³-hybridized carbons (Fsp3) is 0. The van der Waals surface area contributed by atoms with E-state index in [2.05, 4.69) is 0 Å². The minimum Gasteiger partial charge on any atom is -0.287 e. The van der Waals surface area contributed by atoms with E-state index in [1.54, 1.807) is 35.7 Å². The standard InChI is InChI=1S/C11H7NO3S/c13-10(8-4-2-1-3-5-8)11-9(12(14)15)6-7-16-11/h1-7H. The van der Waals surface area contributed by atoms with E-state index >= 15 is 0 Å². The van der Waals surface area contributed by atoms with Crippen LogP contribution in [0.2, 0.25) is 0 Å². The number of hydrogen-bond acceptors (Lipinski definition) is 4. The summed E-state index contributed by atoms with van der Waals surface area (Å²) in [5, 5.41) is 12.2. The molecule has 0 spiro atoms. The van der Waals surface area contributed by atoms with E-state index in [1.165, 1.54) is 6.07 Å². The average molecular weight is 233 g/mol. The van der Waals surface area contributed by atoms with Gasteiger partial charge >= 0.3 is 0 Å². The predicted octanol–water partition coefficient (Wildman–Crippen LogP) is 2.89. The molecule has 1 heterocycles. The normalized spacial score (nSPS) is 10.0. The number of hydrogen-bond donors (Lipinski definition) is 0. The van der Waals surface area contributed by atoms with Gasteiger partial charge in [0.05, 0.1) is 4.92 Å². The van der Waals surface area contributed by atoms with Crippen LogP contribution in [0, 0.1) is 10.1 Å². The highest BCUT2D eigenvalue weighted by Crippen LogP contribution is 2.26. The Kier molecular flexibility index (Phi) is 2.78. The highest BCUT2D eigenvalue weighted by molar-refractivity contribution is 7.12. The Morgan fingerprint density at radius 2 is 1.88 bits per heavy atom. The first-order valence-electron chi connectivity index (χ1n) is 4.52. The van der Waals surface area contributed by atoms with Gasteiger partial charge in [0.1, 0.15) is 0 Å². The maximum atomic E-state index is 11.9. The Morgan fingerprint density at radius 1 is 1.19 bits per heavy atom. The molecule has 0 amide bonds. The molecule has 0 radical (unpaired) electrons. The van der Waals surface area contributed by atoms with Crippen molar-refractivity contribution in [2.75, 3.05) is 0 Å². The minimum absolute atomic E-state index is 0.126. The van der Waals surface area contributed by atoms with E-state index in [9.17, 15) is 14.9 Å². The number of ketones is 1. The third kappa shape index (κ3) is 1.85. The maximum absolute atomic E-state index is 11.9. The quantitative estimate of drug-likeness (QED) is 0.465. The van der Waals surface area contributed by atoms with Gasteiger partial charge in [0.25, 0.3) is 5.69 Å². The van der Waals surface area contributed by atoms with Crippen molar-refractivity contribution in [3.63, 3.8) is 0 Å². The molecule has 0 aliphatic rings. The van der Waals surface area contributed by atoms with Gasteiger partial charge in [0, 0.05) is 11.6 Å². The molecule has 5 heteroatoms. The summed E-state index contributed by atoms with van der Waals surface area (Å²) < 4.78 is 0. The number of nitro groups is 1. The van der Waals surface area contributed by atoms with E-state index in [0.717, 1.165) is 11.3 Å². The molecule has 0 saturated heterocycles. The van der Waals surface area contributed by atoms with Crippen molar-refractivity contribution in [1.29, 1.82) is 0 Å². The summed E-state index contributed by atoms with van der Waals surface area (Å²) in [7, 11) is 0. The second-order valence-corrected chi connectivity index (χ2v) is 4.00. The van der Waals surface area contributed by atoms with Gasteiger partial charge in [-0.1, -0.05) is 30.3 Å². The smallest absolute Gasteiger partial charge is 0.287 e. The van der Waals surface area contributed by atoms with Crippen molar-refractivity contribution in [2.45, 2.75) is 0 Å². The van der Waals surface area contributed by atoms with Crippen molar-refractivity contribution >= 4 is 22.8 Å². The van der Waals surface area contributed by atoms with Gasteiger partial charge in [0.2, 0.25) is 5.78 Å². The van der Waals surface area contributed by atoms with Crippen LogP contribution in [0.25, 0.3) is 0 Å². The molecular weight excluding hydrogens is 226 g/mol. The highest BCUT2D eigenvalue weighted by Gasteiger charge is 2.22. The molecule has 0 unspecified atom stereocenters. The van der Waals surface area contributed by atoms with Crippen molar-refractivity contribution in [3.05, 3.63) is 62.3 Å². The first-order chi connectivity index (χ1) is 7.70. The molecular formula is C11H7NO3S. The maximum Gasteiger partial charge on any atom is 0.291 e. The largest absolute Gasteiger partial charge is 0.291 e. The summed E-state index contributed by atoms with van der Waals surface area (Å²) in [6.45, 7) is 0. The average Bonchev–Trinajstić information content (AvgIpc) is 2.78. The third-order valence-electron chi connectivity index (χ3n) is 2.08. The van der Waals surface area contributed by atoms with Crippen LogP contribution in [0.4, 0.5) is 5.69 Å². The van der Waals surface area contributed by atoms with Gasteiger partial charge < -0.3 is 0 Å². The second kappa shape index (κ2) is 4.24. The zero-order chi connectivity index (χ0) is 11.5. The van der Waals surface area contributed by atoms with E-state index in [1.807, 2.05) is 0 Å².